The SMILES string of the molecule is COc1ccc(Cn2cc(CCCN)c(=O)n(Cc3ccc(OC)cc3)c2=O)cc1. The molecule has 3 rings (SSSR count). The number of rotatable bonds is 9. The molecule has 0 saturated carbocycles. The van der Waals surface area contributed by atoms with Crippen molar-refractivity contribution in [3.05, 3.63) is 92.3 Å². The van der Waals surface area contributed by atoms with Gasteiger partial charge in [0, 0.05) is 11.8 Å². The van der Waals surface area contributed by atoms with Gasteiger partial charge in [-0.15, -0.1) is 0 Å². The largest absolute Gasteiger partial charge is 0.497 e. The van der Waals surface area contributed by atoms with Gasteiger partial charge in [0.2, 0.25) is 0 Å². The molecular weight excluding hydrogens is 382 g/mol. The fraction of sp³-hybridized carbons (Fsp3) is 0.304. The Kier molecular flexibility index (Phi) is 7.08. The molecule has 3 aromatic rings. The second-order valence-corrected chi connectivity index (χ2v) is 7.04. The van der Waals surface area contributed by atoms with Crippen LogP contribution in [-0.4, -0.2) is 29.9 Å². The first-order chi connectivity index (χ1) is 14.5. The third-order valence-corrected chi connectivity index (χ3v) is 4.97. The highest BCUT2D eigenvalue weighted by molar-refractivity contribution is 5.28. The highest BCUT2D eigenvalue weighted by atomic mass is 16.5. The summed E-state index contributed by atoms with van der Waals surface area (Å²) in [6.07, 6.45) is 2.87. The Morgan fingerprint density at radius 1 is 0.833 bits per heavy atom. The van der Waals surface area contributed by atoms with Crippen molar-refractivity contribution in [2.75, 3.05) is 20.8 Å². The van der Waals surface area contributed by atoms with Crippen LogP contribution in [0.2, 0.25) is 0 Å². The minimum absolute atomic E-state index is 0.195. The summed E-state index contributed by atoms with van der Waals surface area (Å²) >= 11 is 0. The fourth-order valence-corrected chi connectivity index (χ4v) is 3.27. The summed E-state index contributed by atoms with van der Waals surface area (Å²) in [6.45, 7) is 1.04. The van der Waals surface area contributed by atoms with Gasteiger partial charge in [-0.3, -0.25) is 13.9 Å². The molecule has 0 saturated heterocycles. The Labute approximate surface area is 175 Å². The summed E-state index contributed by atoms with van der Waals surface area (Å²) in [6, 6.07) is 14.8. The zero-order valence-electron chi connectivity index (χ0n) is 17.3. The molecule has 0 bridgehead atoms. The Hall–Kier alpha value is -3.32. The normalized spacial score (nSPS) is 10.8. The molecule has 7 heteroatoms. The molecule has 0 atom stereocenters. The lowest BCUT2D eigenvalue weighted by molar-refractivity contribution is 0.414. The second-order valence-electron chi connectivity index (χ2n) is 7.04. The van der Waals surface area contributed by atoms with E-state index in [2.05, 4.69) is 0 Å². The molecule has 0 fully saturated rings. The number of nitrogens with zero attached hydrogens (tertiary/aromatic N) is 2. The predicted octanol–water partition coefficient (Wildman–Crippen LogP) is 2.02. The Morgan fingerprint density at radius 2 is 1.37 bits per heavy atom. The van der Waals surface area contributed by atoms with E-state index in [0.717, 1.165) is 22.6 Å². The number of methoxy groups -OCH3 is 2. The van der Waals surface area contributed by atoms with Crippen molar-refractivity contribution in [2.45, 2.75) is 25.9 Å². The molecule has 0 radical (unpaired) electrons. The molecule has 30 heavy (non-hydrogen) atoms. The first-order valence-electron chi connectivity index (χ1n) is 9.84. The van der Waals surface area contributed by atoms with Crippen LogP contribution in [0.15, 0.2) is 64.3 Å². The van der Waals surface area contributed by atoms with Gasteiger partial charge in [-0.25, -0.2) is 4.79 Å². The van der Waals surface area contributed by atoms with Crippen molar-refractivity contribution < 1.29 is 9.47 Å². The maximum atomic E-state index is 13.1. The molecule has 158 valence electrons. The summed E-state index contributed by atoms with van der Waals surface area (Å²) in [4.78, 5) is 26.1. The molecule has 0 aliphatic carbocycles. The van der Waals surface area contributed by atoms with Crippen LogP contribution < -0.4 is 26.5 Å². The monoisotopic (exact) mass is 409 g/mol. The average Bonchev–Trinajstić information content (AvgIpc) is 2.78. The summed E-state index contributed by atoms with van der Waals surface area (Å²) < 4.78 is 13.2. The lowest BCUT2D eigenvalue weighted by atomic mass is 10.1. The minimum Gasteiger partial charge on any atom is -0.497 e. The van der Waals surface area contributed by atoms with E-state index in [9.17, 15) is 9.59 Å². The van der Waals surface area contributed by atoms with E-state index in [0.29, 0.717) is 31.5 Å². The number of benzene rings is 2. The lowest BCUT2D eigenvalue weighted by Gasteiger charge is -2.14. The predicted molar refractivity (Wildman–Crippen MR) is 117 cm³/mol. The van der Waals surface area contributed by atoms with E-state index < -0.39 is 0 Å². The smallest absolute Gasteiger partial charge is 0.331 e. The van der Waals surface area contributed by atoms with Gasteiger partial charge in [0.15, 0.2) is 0 Å². The van der Waals surface area contributed by atoms with E-state index in [4.69, 9.17) is 15.2 Å². The number of ether oxygens (including phenoxy) is 2. The van der Waals surface area contributed by atoms with Gasteiger partial charge in [-0.2, -0.15) is 0 Å². The van der Waals surface area contributed by atoms with Crippen molar-refractivity contribution in [3.63, 3.8) is 0 Å². The number of hydrogen-bond acceptors (Lipinski definition) is 5. The third-order valence-electron chi connectivity index (χ3n) is 4.97. The standard InChI is InChI=1S/C23H27N3O4/c1-29-20-9-5-17(6-10-20)14-25-16-19(4-3-13-24)22(27)26(23(25)28)15-18-7-11-21(30-2)12-8-18/h5-12,16H,3-4,13-15,24H2,1-2H3. The third kappa shape index (κ3) is 4.99. The zero-order valence-corrected chi connectivity index (χ0v) is 17.3. The summed E-state index contributed by atoms with van der Waals surface area (Å²) in [5, 5.41) is 0. The Balaban J connectivity index is 1.99. The van der Waals surface area contributed by atoms with Gasteiger partial charge in [0.25, 0.3) is 5.56 Å². The van der Waals surface area contributed by atoms with Crippen molar-refractivity contribution in [3.8, 4) is 11.5 Å². The maximum Gasteiger partial charge on any atom is 0.331 e. The van der Waals surface area contributed by atoms with Crippen molar-refractivity contribution in [1.82, 2.24) is 9.13 Å². The topological polar surface area (TPSA) is 88.5 Å². The quantitative estimate of drug-likeness (QED) is 0.584. The minimum atomic E-state index is -0.344. The summed E-state index contributed by atoms with van der Waals surface area (Å²) in [5.41, 5.74) is 7.40. The first kappa shape index (κ1) is 21.4. The van der Waals surface area contributed by atoms with Crippen molar-refractivity contribution >= 4 is 0 Å². The molecule has 7 nitrogen and oxygen atoms in total. The average molecular weight is 409 g/mol. The molecule has 2 N–H and O–H groups in total. The second kappa shape index (κ2) is 9.93. The van der Waals surface area contributed by atoms with Crippen LogP contribution in [0.25, 0.3) is 0 Å². The van der Waals surface area contributed by atoms with E-state index in [1.165, 1.54) is 4.57 Å². The number of hydrogen-bond donors (Lipinski definition) is 1. The van der Waals surface area contributed by atoms with Crippen molar-refractivity contribution in [1.29, 1.82) is 0 Å². The van der Waals surface area contributed by atoms with E-state index in [1.54, 1.807) is 25.0 Å². The molecule has 2 aromatic carbocycles. The number of aryl methyl sites for hydroxylation is 1. The highest BCUT2D eigenvalue weighted by Crippen LogP contribution is 2.13. The Bertz CT molecular complexity index is 1080. The van der Waals surface area contributed by atoms with E-state index in [1.807, 2.05) is 48.5 Å². The van der Waals surface area contributed by atoms with Crippen LogP contribution in [0.1, 0.15) is 23.1 Å². The van der Waals surface area contributed by atoms with Crippen LogP contribution in [0, 0.1) is 0 Å². The molecule has 0 aliphatic heterocycles. The van der Waals surface area contributed by atoms with Gasteiger partial charge in [0.05, 0.1) is 27.3 Å². The first-order valence-corrected chi connectivity index (χ1v) is 9.84. The van der Waals surface area contributed by atoms with Crippen LogP contribution in [-0.2, 0) is 19.5 Å². The van der Waals surface area contributed by atoms with Crippen molar-refractivity contribution in [2.24, 2.45) is 5.73 Å². The zero-order chi connectivity index (χ0) is 21.5. The molecule has 0 spiro atoms. The van der Waals surface area contributed by atoms with Crippen LogP contribution >= 0.6 is 0 Å². The molecule has 0 amide bonds. The molecule has 1 aromatic heterocycles. The number of aromatic nitrogens is 2. The Morgan fingerprint density at radius 3 is 1.87 bits per heavy atom. The van der Waals surface area contributed by atoms with E-state index in [-0.39, 0.29) is 17.8 Å². The highest BCUT2D eigenvalue weighted by Gasteiger charge is 2.13. The van der Waals surface area contributed by atoms with Crippen LogP contribution in [0.4, 0.5) is 0 Å². The van der Waals surface area contributed by atoms with Gasteiger partial charge in [-0.1, -0.05) is 24.3 Å². The lowest BCUT2D eigenvalue weighted by Crippen LogP contribution is -2.41. The fourth-order valence-electron chi connectivity index (χ4n) is 3.27. The summed E-state index contributed by atoms with van der Waals surface area (Å²) in [5.74, 6) is 1.47. The molecule has 0 aliphatic rings. The summed E-state index contributed by atoms with van der Waals surface area (Å²) in [7, 11) is 3.20. The molecular formula is C23H27N3O4. The molecule has 1 heterocycles. The van der Waals surface area contributed by atoms with Gasteiger partial charge >= 0.3 is 5.69 Å². The maximum absolute atomic E-state index is 13.1. The van der Waals surface area contributed by atoms with E-state index >= 15 is 0 Å². The van der Waals surface area contributed by atoms with Crippen LogP contribution in [0.5, 0.6) is 11.5 Å². The van der Waals surface area contributed by atoms with Gasteiger partial charge < -0.3 is 15.2 Å². The van der Waals surface area contributed by atoms with Crippen LogP contribution in [0.3, 0.4) is 0 Å². The number of nitrogens with two attached hydrogens (primary N) is 1. The molecule has 0 unspecified atom stereocenters. The van der Waals surface area contributed by atoms with Gasteiger partial charge in [0.1, 0.15) is 11.5 Å². The van der Waals surface area contributed by atoms with Gasteiger partial charge in [-0.05, 0) is 54.8 Å².